The van der Waals surface area contributed by atoms with Gasteiger partial charge >= 0.3 is 0 Å². The molecule has 1 atom stereocenters. The van der Waals surface area contributed by atoms with E-state index < -0.39 is 0 Å². The lowest BCUT2D eigenvalue weighted by Crippen LogP contribution is -2.16. The highest BCUT2D eigenvalue weighted by molar-refractivity contribution is 6.18. The third-order valence-electron chi connectivity index (χ3n) is 17.6. The van der Waals surface area contributed by atoms with E-state index in [1.165, 1.54) is 128 Å². The molecule has 352 valence electrons. The molecular formula is C73H54O. The van der Waals surface area contributed by atoms with Gasteiger partial charge in [-0.1, -0.05) is 222 Å². The maximum atomic E-state index is 6.19. The van der Waals surface area contributed by atoms with Gasteiger partial charge in [-0.05, 0) is 171 Å². The van der Waals surface area contributed by atoms with Crippen LogP contribution >= 0.6 is 0 Å². The molecule has 1 heterocycles. The average Bonchev–Trinajstić information content (AvgIpc) is 4.15. The topological polar surface area (TPSA) is 13.1 Å². The largest absolute Gasteiger partial charge is 0.456 e. The molecule has 1 unspecified atom stereocenters. The number of para-hydroxylation sites is 1. The molecule has 0 spiro atoms. The summed E-state index contributed by atoms with van der Waals surface area (Å²) in [6.45, 7) is 9.67. The Hall–Kier alpha value is -8.52. The third kappa shape index (κ3) is 6.42. The summed E-state index contributed by atoms with van der Waals surface area (Å²) in [6.07, 6.45) is 1.96. The van der Waals surface area contributed by atoms with Crippen molar-refractivity contribution in [3.05, 3.63) is 263 Å². The van der Waals surface area contributed by atoms with E-state index in [0.29, 0.717) is 0 Å². The first-order chi connectivity index (χ1) is 36.2. The number of furan rings is 1. The van der Waals surface area contributed by atoms with Crippen LogP contribution in [0.15, 0.2) is 229 Å². The number of hydrogen-bond acceptors (Lipinski definition) is 1. The third-order valence-corrected chi connectivity index (χ3v) is 17.6. The van der Waals surface area contributed by atoms with E-state index in [9.17, 15) is 0 Å². The van der Waals surface area contributed by atoms with E-state index >= 15 is 0 Å². The van der Waals surface area contributed by atoms with Crippen LogP contribution in [0.25, 0.3) is 111 Å². The van der Waals surface area contributed by atoms with Gasteiger partial charge in [0.2, 0.25) is 0 Å². The van der Waals surface area contributed by atoms with Crippen LogP contribution in [0, 0.1) is 0 Å². The monoisotopic (exact) mass is 946 g/mol. The molecule has 11 aromatic carbocycles. The van der Waals surface area contributed by atoms with Crippen LogP contribution in [0.3, 0.4) is 0 Å². The molecule has 0 aliphatic heterocycles. The number of fused-ring (bicyclic) bond motifs is 12. The Morgan fingerprint density at radius 3 is 1.57 bits per heavy atom. The van der Waals surface area contributed by atoms with Gasteiger partial charge in [0.05, 0.1) is 0 Å². The molecule has 0 fully saturated rings. The first-order valence-electron chi connectivity index (χ1n) is 26.5. The minimum Gasteiger partial charge on any atom is -0.456 e. The molecule has 3 aliphatic rings. The Bertz CT molecular complexity index is 4260. The van der Waals surface area contributed by atoms with Gasteiger partial charge in [-0.3, -0.25) is 0 Å². The second-order valence-corrected chi connectivity index (χ2v) is 22.3. The lowest BCUT2D eigenvalue weighted by Gasteiger charge is -2.25. The van der Waals surface area contributed by atoms with Crippen molar-refractivity contribution in [2.45, 2.75) is 57.3 Å². The standard InChI is InChI=1S/C73H54O/c1-72(2)65-39-44(22-32-56(65)57-34-28-50(42-67(57)72)48-30-38-70-64(40-48)60-17-10-11-20-69(60)74-70)21-31-52(51-29-35-59-58-33-27-49(45-13-6-5-7-14-45)41-66(58)73(3,4)68(59)43-51)46-23-25-47(26-24-46)53-36-37-63-55-16-9-8-15-54(55)62-19-12-18-61(53)71(62)63/h5-20,22-30,32-43,52H,21,31H2,1-4H3. The number of benzene rings is 11. The molecule has 0 radical (unpaired) electrons. The summed E-state index contributed by atoms with van der Waals surface area (Å²) < 4.78 is 6.19. The van der Waals surface area contributed by atoms with E-state index in [4.69, 9.17) is 4.42 Å². The first kappa shape index (κ1) is 43.1. The summed E-state index contributed by atoms with van der Waals surface area (Å²) in [5, 5.41) is 5.01. The van der Waals surface area contributed by atoms with Crippen molar-refractivity contribution in [3.63, 3.8) is 0 Å². The molecular weight excluding hydrogens is 893 g/mol. The zero-order valence-corrected chi connectivity index (χ0v) is 42.3. The molecule has 1 nitrogen and oxygen atoms in total. The first-order valence-corrected chi connectivity index (χ1v) is 26.5. The highest BCUT2D eigenvalue weighted by Crippen LogP contribution is 2.54. The molecule has 0 bridgehead atoms. The predicted molar refractivity (Wildman–Crippen MR) is 310 cm³/mol. The molecule has 1 heteroatoms. The fourth-order valence-electron chi connectivity index (χ4n) is 13.6. The summed E-state index contributed by atoms with van der Waals surface area (Å²) in [5.74, 6) is 0.196. The second-order valence-electron chi connectivity index (χ2n) is 22.3. The summed E-state index contributed by atoms with van der Waals surface area (Å²) in [7, 11) is 0. The maximum Gasteiger partial charge on any atom is 0.135 e. The summed E-state index contributed by atoms with van der Waals surface area (Å²) >= 11 is 0. The van der Waals surface area contributed by atoms with E-state index in [2.05, 4.69) is 246 Å². The van der Waals surface area contributed by atoms with Crippen molar-refractivity contribution in [1.29, 1.82) is 0 Å². The Balaban J connectivity index is 0.777. The van der Waals surface area contributed by atoms with E-state index in [0.717, 1.165) is 34.8 Å². The van der Waals surface area contributed by atoms with Crippen LogP contribution in [0.2, 0.25) is 0 Å². The zero-order chi connectivity index (χ0) is 49.5. The van der Waals surface area contributed by atoms with Crippen molar-refractivity contribution < 1.29 is 4.42 Å². The summed E-state index contributed by atoms with van der Waals surface area (Å²) in [4.78, 5) is 0. The van der Waals surface area contributed by atoms with Crippen molar-refractivity contribution in [2.75, 3.05) is 0 Å². The molecule has 1 aromatic heterocycles. The van der Waals surface area contributed by atoms with Crippen molar-refractivity contribution >= 4 is 32.7 Å². The fraction of sp³-hybridized carbons (Fsp3) is 0.123. The molecule has 74 heavy (non-hydrogen) atoms. The van der Waals surface area contributed by atoms with Crippen molar-refractivity contribution in [3.8, 4) is 77.9 Å². The Labute approximate surface area is 433 Å². The van der Waals surface area contributed by atoms with Gasteiger partial charge in [0, 0.05) is 27.5 Å². The second kappa shape index (κ2) is 16.0. The number of aryl methyl sites for hydroxylation is 1. The lowest BCUT2D eigenvalue weighted by atomic mass is 9.78. The minimum absolute atomic E-state index is 0.143. The number of hydrogen-bond donors (Lipinski definition) is 0. The van der Waals surface area contributed by atoms with E-state index in [1.807, 2.05) is 6.07 Å². The van der Waals surface area contributed by atoms with Crippen LogP contribution in [-0.2, 0) is 17.3 Å². The SMILES string of the molecule is CC1(C)c2cc(CCC(c3ccc(-c4ccc5c6c(cccc46)-c4ccccc4-5)cc3)c3ccc4c(c3)C(C)(C)c3cc(-c5ccccc5)ccc3-4)ccc2-c2ccc(-c3ccc4oc5ccccc5c4c3)cc21. The quantitative estimate of drug-likeness (QED) is 0.148. The van der Waals surface area contributed by atoms with Crippen LogP contribution in [0.4, 0.5) is 0 Å². The Morgan fingerprint density at radius 2 is 0.824 bits per heavy atom. The minimum atomic E-state index is -0.148. The average molecular weight is 947 g/mol. The smallest absolute Gasteiger partial charge is 0.135 e. The molecule has 0 amide bonds. The van der Waals surface area contributed by atoms with E-state index in [1.54, 1.807) is 0 Å². The van der Waals surface area contributed by atoms with E-state index in [-0.39, 0.29) is 16.7 Å². The fourth-order valence-corrected chi connectivity index (χ4v) is 13.6. The normalized spacial score (nSPS) is 14.5. The number of rotatable bonds is 8. The zero-order valence-electron chi connectivity index (χ0n) is 42.3. The van der Waals surface area contributed by atoms with Crippen LogP contribution < -0.4 is 0 Å². The van der Waals surface area contributed by atoms with Crippen molar-refractivity contribution in [1.82, 2.24) is 0 Å². The summed E-state index contributed by atoms with van der Waals surface area (Å²) in [6, 6.07) is 84.7. The summed E-state index contributed by atoms with van der Waals surface area (Å²) in [5.41, 5.74) is 29.6. The van der Waals surface area contributed by atoms with Gasteiger partial charge in [0.25, 0.3) is 0 Å². The molecule has 0 saturated heterocycles. The van der Waals surface area contributed by atoms with Gasteiger partial charge in [-0.2, -0.15) is 0 Å². The molecule has 3 aliphatic carbocycles. The van der Waals surface area contributed by atoms with Gasteiger partial charge in [0.1, 0.15) is 11.2 Å². The highest BCUT2D eigenvalue weighted by atomic mass is 16.3. The van der Waals surface area contributed by atoms with Crippen LogP contribution in [-0.4, -0.2) is 0 Å². The highest BCUT2D eigenvalue weighted by Gasteiger charge is 2.38. The van der Waals surface area contributed by atoms with Crippen LogP contribution in [0.5, 0.6) is 0 Å². The van der Waals surface area contributed by atoms with Gasteiger partial charge in [-0.25, -0.2) is 0 Å². The molecule has 0 saturated carbocycles. The Kier molecular flexibility index (Phi) is 9.31. The van der Waals surface area contributed by atoms with Gasteiger partial charge in [-0.15, -0.1) is 0 Å². The molecule has 12 aromatic rings. The predicted octanol–water partition coefficient (Wildman–Crippen LogP) is 19.8. The van der Waals surface area contributed by atoms with Gasteiger partial charge in [0.15, 0.2) is 0 Å². The van der Waals surface area contributed by atoms with Gasteiger partial charge < -0.3 is 4.42 Å². The lowest BCUT2D eigenvalue weighted by molar-refractivity contribution is 0.652. The van der Waals surface area contributed by atoms with Crippen LogP contribution in [0.1, 0.15) is 79.0 Å². The van der Waals surface area contributed by atoms with Crippen molar-refractivity contribution in [2.24, 2.45) is 0 Å². The Morgan fingerprint density at radius 1 is 0.324 bits per heavy atom. The molecule has 0 N–H and O–H groups in total. The molecule has 15 rings (SSSR count). The maximum absolute atomic E-state index is 6.19.